The molecule has 0 aliphatic carbocycles. The molecule has 2 aromatic carbocycles. The average molecular weight is 389 g/mol. The van der Waals surface area contributed by atoms with Crippen molar-refractivity contribution in [2.24, 2.45) is 0 Å². The predicted octanol–water partition coefficient (Wildman–Crippen LogP) is 3.97. The summed E-state index contributed by atoms with van der Waals surface area (Å²) in [5.74, 6) is -1.31. The van der Waals surface area contributed by atoms with Gasteiger partial charge >= 0.3 is 0 Å². The van der Waals surface area contributed by atoms with E-state index in [2.05, 4.69) is 5.32 Å². The minimum atomic E-state index is -0.773. The van der Waals surface area contributed by atoms with E-state index in [1.54, 1.807) is 36.4 Å². The number of nitrogens with two attached hydrogens (primary N) is 1. The van der Waals surface area contributed by atoms with Crippen LogP contribution in [0.25, 0.3) is 0 Å². The summed E-state index contributed by atoms with van der Waals surface area (Å²) in [6, 6.07) is 12.6. The highest BCUT2D eigenvalue weighted by Gasteiger charge is 2.23. The summed E-state index contributed by atoms with van der Waals surface area (Å²) in [6.45, 7) is 1.23. The first-order valence-electron chi connectivity index (χ1n) is 7.35. The number of rotatable bonds is 4. The number of amides is 2. The van der Waals surface area contributed by atoms with Crippen molar-refractivity contribution in [2.75, 3.05) is 16.0 Å². The van der Waals surface area contributed by atoms with Crippen molar-refractivity contribution in [3.05, 3.63) is 64.3 Å². The van der Waals surface area contributed by atoms with Gasteiger partial charge < -0.3 is 11.1 Å². The molecule has 0 aliphatic heterocycles. The lowest BCUT2D eigenvalue weighted by Gasteiger charge is -2.19. The fourth-order valence-corrected chi connectivity index (χ4v) is 2.65. The lowest BCUT2D eigenvalue weighted by Crippen LogP contribution is -2.36. The Bertz CT molecular complexity index is 898. The molecule has 26 heavy (non-hydrogen) atoms. The SMILES string of the molecule is CC(=O)N(C(=O)/C(C#N)=C\Nc1cc(Cl)cc(Cl)c1)c1ccc(N)cc1. The van der Waals surface area contributed by atoms with Gasteiger partial charge in [0.25, 0.3) is 5.91 Å². The Balaban J connectivity index is 2.31. The third-order valence-electron chi connectivity index (χ3n) is 3.27. The van der Waals surface area contributed by atoms with E-state index in [0.29, 0.717) is 27.1 Å². The van der Waals surface area contributed by atoms with E-state index >= 15 is 0 Å². The predicted molar refractivity (Wildman–Crippen MR) is 103 cm³/mol. The zero-order valence-corrected chi connectivity index (χ0v) is 15.2. The number of benzene rings is 2. The van der Waals surface area contributed by atoms with Crippen LogP contribution in [0.3, 0.4) is 0 Å². The Morgan fingerprint density at radius 2 is 1.73 bits per heavy atom. The fourth-order valence-electron chi connectivity index (χ4n) is 2.12. The first-order chi connectivity index (χ1) is 12.3. The zero-order chi connectivity index (χ0) is 19.3. The minimum absolute atomic E-state index is 0.270. The smallest absolute Gasteiger partial charge is 0.277 e. The second-order valence-corrected chi connectivity index (χ2v) is 6.10. The van der Waals surface area contributed by atoms with E-state index in [-0.39, 0.29) is 5.57 Å². The maximum atomic E-state index is 12.6. The Kier molecular flexibility index (Phi) is 6.23. The van der Waals surface area contributed by atoms with Crippen LogP contribution in [-0.4, -0.2) is 11.8 Å². The number of nitrogen functional groups attached to an aromatic ring is 1. The number of imide groups is 1. The second-order valence-electron chi connectivity index (χ2n) is 5.22. The Hall–Kier alpha value is -3.01. The number of nitrogens with one attached hydrogen (secondary N) is 1. The fraction of sp³-hybridized carbons (Fsp3) is 0.0556. The molecule has 0 heterocycles. The van der Waals surface area contributed by atoms with Crippen molar-refractivity contribution in [3.63, 3.8) is 0 Å². The summed E-state index contributed by atoms with van der Waals surface area (Å²) in [4.78, 5) is 25.5. The van der Waals surface area contributed by atoms with Crippen LogP contribution in [0, 0.1) is 11.3 Å². The quantitative estimate of drug-likeness (QED) is 0.468. The van der Waals surface area contributed by atoms with Gasteiger partial charge in [-0.1, -0.05) is 23.2 Å². The molecule has 2 aromatic rings. The summed E-state index contributed by atoms with van der Waals surface area (Å²) in [5.41, 5.74) is 6.63. The number of halogens is 2. The molecule has 2 amide bonds. The first-order valence-corrected chi connectivity index (χ1v) is 8.11. The molecule has 0 saturated carbocycles. The molecule has 0 atom stereocenters. The molecule has 6 nitrogen and oxygen atoms in total. The summed E-state index contributed by atoms with van der Waals surface area (Å²) < 4.78 is 0. The lowest BCUT2D eigenvalue weighted by atomic mass is 10.2. The van der Waals surface area contributed by atoms with Gasteiger partial charge in [-0.15, -0.1) is 0 Å². The van der Waals surface area contributed by atoms with Crippen LogP contribution in [0.2, 0.25) is 10.0 Å². The van der Waals surface area contributed by atoms with E-state index in [9.17, 15) is 14.9 Å². The van der Waals surface area contributed by atoms with Gasteiger partial charge in [0.05, 0.1) is 5.69 Å². The molecule has 0 fully saturated rings. The van der Waals surface area contributed by atoms with Crippen molar-refractivity contribution < 1.29 is 9.59 Å². The minimum Gasteiger partial charge on any atom is -0.399 e. The molecule has 0 unspecified atom stereocenters. The summed E-state index contributed by atoms with van der Waals surface area (Å²) >= 11 is 11.8. The van der Waals surface area contributed by atoms with Crippen LogP contribution in [0.15, 0.2) is 54.2 Å². The van der Waals surface area contributed by atoms with Crippen molar-refractivity contribution >= 4 is 52.1 Å². The molecule has 0 radical (unpaired) electrons. The van der Waals surface area contributed by atoms with Crippen LogP contribution in [0.1, 0.15) is 6.92 Å². The summed E-state index contributed by atoms with van der Waals surface area (Å²) in [7, 11) is 0. The molecule has 0 aromatic heterocycles. The lowest BCUT2D eigenvalue weighted by molar-refractivity contribution is -0.123. The van der Waals surface area contributed by atoms with Crippen LogP contribution < -0.4 is 16.0 Å². The van der Waals surface area contributed by atoms with Crippen molar-refractivity contribution in [1.29, 1.82) is 5.26 Å². The van der Waals surface area contributed by atoms with Gasteiger partial charge in [0.15, 0.2) is 0 Å². The summed E-state index contributed by atoms with van der Waals surface area (Å²) in [6.07, 6.45) is 1.19. The summed E-state index contributed by atoms with van der Waals surface area (Å²) in [5, 5.41) is 12.9. The van der Waals surface area contributed by atoms with Crippen molar-refractivity contribution in [3.8, 4) is 6.07 Å². The maximum absolute atomic E-state index is 12.6. The number of hydrogen-bond donors (Lipinski definition) is 2. The van der Waals surface area contributed by atoms with E-state index in [1.807, 2.05) is 0 Å². The monoisotopic (exact) mass is 388 g/mol. The van der Waals surface area contributed by atoms with Crippen molar-refractivity contribution in [2.45, 2.75) is 6.92 Å². The number of anilines is 3. The number of carbonyl (C=O) groups is 2. The Morgan fingerprint density at radius 1 is 1.15 bits per heavy atom. The topological polar surface area (TPSA) is 99.2 Å². The molecule has 3 N–H and O–H groups in total. The normalized spacial score (nSPS) is 10.8. The van der Waals surface area contributed by atoms with Crippen LogP contribution in [0.4, 0.5) is 17.1 Å². The molecule has 0 spiro atoms. The van der Waals surface area contributed by atoms with Crippen LogP contribution in [-0.2, 0) is 9.59 Å². The van der Waals surface area contributed by atoms with E-state index in [0.717, 1.165) is 4.90 Å². The number of nitriles is 1. The molecular formula is C18H14Cl2N4O2. The second kappa shape index (κ2) is 8.39. The van der Waals surface area contributed by atoms with Gasteiger partial charge in [0.1, 0.15) is 11.6 Å². The molecule has 0 aliphatic rings. The van der Waals surface area contributed by atoms with Gasteiger partial charge in [-0.3, -0.25) is 9.59 Å². The highest BCUT2D eigenvalue weighted by atomic mass is 35.5. The van der Waals surface area contributed by atoms with Crippen LogP contribution in [0.5, 0.6) is 0 Å². The molecule has 8 heteroatoms. The zero-order valence-electron chi connectivity index (χ0n) is 13.7. The molecule has 0 bridgehead atoms. The van der Waals surface area contributed by atoms with Crippen molar-refractivity contribution in [1.82, 2.24) is 0 Å². The Labute approximate surface area is 160 Å². The average Bonchev–Trinajstić information content (AvgIpc) is 2.56. The van der Waals surface area contributed by atoms with Gasteiger partial charge in [0, 0.05) is 34.5 Å². The van der Waals surface area contributed by atoms with E-state index < -0.39 is 11.8 Å². The number of nitrogens with zero attached hydrogens (tertiary/aromatic N) is 2. The first kappa shape index (κ1) is 19.3. The number of hydrogen-bond acceptors (Lipinski definition) is 5. The number of carbonyl (C=O) groups excluding carboxylic acids is 2. The van der Waals surface area contributed by atoms with Gasteiger partial charge in [-0.2, -0.15) is 5.26 Å². The van der Waals surface area contributed by atoms with Crippen LogP contribution >= 0.6 is 23.2 Å². The molecule has 0 saturated heterocycles. The Morgan fingerprint density at radius 3 is 2.23 bits per heavy atom. The molecule has 132 valence electrons. The maximum Gasteiger partial charge on any atom is 0.277 e. The largest absolute Gasteiger partial charge is 0.399 e. The van der Waals surface area contributed by atoms with Gasteiger partial charge in [-0.05, 0) is 42.5 Å². The van der Waals surface area contributed by atoms with Gasteiger partial charge in [0.2, 0.25) is 5.91 Å². The molecule has 2 rings (SSSR count). The highest BCUT2D eigenvalue weighted by Crippen LogP contribution is 2.23. The third-order valence-corrected chi connectivity index (χ3v) is 3.70. The van der Waals surface area contributed by atoms with E-state index in [1.165, 1.54) is 25.3 Å². The standard InChI is InChI=1S/C18H14Cl2N4O2/c1-11(25)24(17-4-2-15(22)3-5-17)18(26)12(9-21)10-23-16-7-13(19)6-14(20)8-16/h2-8,10,23H,22H2,1H3/b12-10-. The third kappa shape index (κ3) is 4.76. The van der Waals surface area contributed by atoms with Gasteiger partial charge in [-0.25, -0.2) is 4.90 Å². The highest BCUT2D eigenvalue weighted by molar-refractivity contribution is 6.35. The van der Waals surface area contributed by atoms with E-state index in [4.69, 9.17) is 28.9 Å². The molecular weight excluding hydrogens is 375 g/mol.